The second-order valence-corrected chi connectivity index (χ2v) is 8.08. The van der Waals surface area contributed by atoms with Crippen molar-refractivity contribution in [2.75, 3.05) is 20.7 Å². The second kappa shape index (κ2) is 9.45. The third-order valence-corrected chi connectivity index (χ3v) is 5.95. The molecule has 0 saturated carbocycles. The molecule has 0 aromatic heterocycles. The molecule has 1 aliphatic heterocycles. The van der Waals surface area contributed by atoms with Crippen molar-refractivity contribution >= 4 is 51.9 Å². The van der Waals surface area contributed by atoms with Gasteiger partial charge in [-0.3, -0.25) is 9.69 Å². The van der Waals surface area contributed by atoms with Crippen LogP contribution in [0, 0.1) is 14.9 Å². The molecular weight excluding hydrogens is 513 g/mol. The average molecular weight is 533 g/mol. The van der Waals surface area contributed by atoms with E-state index in [-0.39, 0.29) is 12.5 Å². The lowest BCUT2D eigenvalue weighted by atomic mass is 10.1. The molecule has 0 spiro atoms. The summed E-state index contributed by atoms with van der Waals surface area (Å²) < 4.78 is 12.7. The number of nitriles is 1. The van der Waals surface area contributed by atoms with Gasteiger partial charge in [-0.05, 0) is 71.6 Å². The lowest BCUT2D eigenvalue weighted by molar-refractivity contribution is -0.121. The van der Waals surface area contributed by atoms with Crippen LogP contribution in [0.25, 0.3) is 6.08 Å². The Morgan fingerprint density at radius 1 is 1.20 bits per heavy atom. The second-order valence-electron chi connectivity index (χ2n) is 6.56. The van der Waals surface area contributed by atoms with Gasteiger partial charge < -0.3 is 14.4 Å². The summed E-state index contributed by atoms with van der Waals surface area (Å²) in [5.74, 6) is 1.03. The van der Waals surface area contributed by atoms with Crippen LogP contribution < -0.4 is 9.47 Å². The monoisotopic (exact) mass is 533 g/mol. The molecule has 1 amide bonds. The Morgan fingerprint density at radius 3 is 2.57 bits per heavy atom. The van der Waals surface area contributed by atoms with Crippen LogP contribution in [0.1, 0.15) is 23.6 Å². The van der Waals surface area contributed by atoms with Gasteiger partial charge in [-0.2, -0.15) is 5.26 Å². The Morgan fingerprint density at radius 2 is 1.93 bits per heavy atom. The number of carbonyl (C=O) groups is 1. The van der Waals surface area contributed by atoms with Crippen LogP contribution in [0.5, 0.6) is 11.5 Å². The maximum absolute atomic E-state index is 12.5. The first-order valence-corrected chi connectivity index (χ1v) is 10.7. The molecule has 0 unspecified atom stereocenters. The first-order chi connectivity index (χ1) is 14.4. The van der Waals surface area contributed by atoms with Gasteiger partial charge in [0.05, 0.1) is 21.8 Å². The summed E-state index contributed by atoms with van der Waals surface area (Å²) in [6.07, 6.45) is 1.79. The van der Waals surface area contributed by atoms with Crippen molar-refractivity contribution in [1.82, 2.24) is 9.80 Å². The van der Waals surface area contributed by atoms with Crippen molar-refractivity contribution < 1.29 is 14.3 Å². The minimum Gasteiger partial charge on any atom is -0.490 e. The van der Waals surface area contributed by atoms with Crippen LogP contribution in [0.4, 0.5) is 0 Å². The van der Waals surface area contributed by atoms with Crippen LogP contribution >= 0.6 is 34.8 Å². The minimum atomic E-state index is -0.149. The number of carbonyl (C=O) groups excluding carboxylic acids is 1. The van der Waals surface area contributed by atoms with E-state index in [1.54, 1.807) is 31.1 Å². The van der Waals surface area contributed by atoms with Crippen LogP contribution in [0.2, 0.25) is 0 Å². The lowest BCUT2D eigenvalue weighted by Crippen LogP contribution is -2.26. The normalized spacial score (nSPS) is 15.0. The van der Waals surface area contributed by atoms with E-state index < -0.39 is 0 Å². The molecule has 0 atom stereocenters. The molecule has 0 N–H and O–H groups in total. The van der Waals surface area contributed by atoms with E-state index in [0.717, 1.165) is 14.7 Å². The largest absolute Gasteiger partial charge is 0.490 e. The quantitative estimate of drug-likeness (QED) is 0.316. The van der Waals surface area contributed by atoms with Crippen molar-refractivity contribution in [2.24, 2.45) is 0 Å². The number of amides is 1. The summed E-state index contributed by atoms with van der Waals surface area (Å²) in [5, 5.41) is 9.74. The maximum atomic E-state index is 12.5. The van der Waals surface area contributed by atoms with Gasteiger partial charge in [0.15, 0.2) is 16.6 Å². The lowest BCUT2D eigenvalue weighted by Gasteiger charge is -2.16. The predicted molar refractivity (Wildman–Crippen MR) is 127 cm³/mol. The third kappa shape index (κ3) is 4.42. The van der Waals surface area contributed by atoms with Gasteiger partial charge in [0, 0.05) is 19.7 Å². The molecule has 2 aromatic rings. The van der Waals surface area contributed by atoms with E-state index in [0.29, 0.717) is 34.5 Å². The van der Waals surface area contributed by atoms with E-state index in [1.165, 1.54) is 4.90 Å². The van der Waals surface area contributed by atoms with E-state index in [9.17, 15) is 10.1 Å². The van der Waals surface area contributed by atoms with E-state index in [2.05, 4.69) is 28.7 Å². The number of likely N-dealkylation sites (N-methyl/N-ethyl adjacent to an activating group) is 2. The molecule has 1 aliphatic rings. The topological polar surface area (TPSA) is 65.8 Å². The number of ether oxygens (including phenoxy) is 2. The van der Waals surface area contributed by atoms with Crippen molar-refractivity contribution in [3.05, 3.63) is 62.4 Å². The van der Waals surface area contributed by atoms with Gasteiger partial charge in [-0.1, -0.05) is 18.2 Å². The van der Waals surface area contributed by atoms with Crippen molar-refractivity contribution in [3.63, 3.8) is 0 Å². The Balaban J connectivity index is 1.93. The zero-order chi connectivity index (χ0) is 21.8. The average Bonchev–Trinajstić information content (AvgIpc) is 2.91. The SMILES string of the molecule is CCOc1cc(/C=C2/C(=O)N(C)C(=S)N2C)cc(I)c1OCc1ccccc1C#N. The zero-order valence-electron chi connectivity index (χ0n) is 16.8. The molecule has 154 valence electrons. The third-order valence-electron chi connectivity index (χ3n) is 4.60. The molecule has 3 rings (SSSR count). The summed E-state index contributed by atoms with van der Waals surface area (Å²) >= 11 is 7.45. The maximum Gasteiger partial charge on any atom is 0.276 e. The van der Waals surface area contributed by atoms with Gasteiger partial charge in [-0.15, -0.1) is 0 Å². The highest BCUT2D eigenvalue weighted by Gasteiger charge is 2.32. The smallest absolute Gasteiger partial charge is 0.276 e. The number of hydrogen-bond acceptors (Lipinski definition) is 5. The summed E-state index contributed by atoms with van der Waals surface area (Å²) in [7, 11) is 3.43. The molecule has 1 heterocycles. The number of hydrogen-bond donors (Lipinski definition) is 0. The fraction of sp³-hybridized carbons (Fsp3) is 0.227. The zero-order valence-corrected chi connectivity index (χ0v) is 19.8. The van der Waals surface area contributed by atoms with Crippen molar-refractivity contribution in [2.45, 2.75) is 13.5 Å². The Kier molecular flexibility index (Phi) is 6.95. The molecule has 1 fully saturated rings. The Bertz CT molecular complexity index is 1080. The van der Waals surface area contributed by atoms with Gasteiger partial charge in [0.1, 0.15) is 12.3 Å². The number of benzene rings is 2. The van der Waals surface area contributed by atoms with Gasteiger partial charge in [-0.25, -0.2) is 0 Å². The van der Waals surface area contributed by atoms with Gasteiger partial charge >= 0.3 is 0 Å². The fourth-order valence-corrected chi connectivity index (χ4v) is 3.99. The molecule has 30 heavy (non-hydrogen) atoms. The molecule has 6 nitrogen and oxygen atoms in total. The Hall–Kier alpha value is -2.64. The van der Waals surface area contributed by atoms with E-state index >= 15 is 0 Å². The van der Waals surface area contributed by atoms with Crippen LogP contribution in [0.3, 0.4) is 0 Å². The highest BCUT2D eigenvalue weighted by atomic mass is 127. The molecule has 0 aliphatic carbocycles. The number of nitrogens with zero attached hydrogens (tertiary/aromatic N) is 3. The standard InChI is InChI=1S/C22H20IN3O3S/c1-4-28-19-11-14(10-18-21(27)26(3)22(30)25(18)2)9-17(23)20(19)29-13-16-8-6-5-7-15(16)12-24/h5-11H,4,13H2,1-3H3/b18-10-. The fourth-order valence-electron chi connectivity index (χ4n) is 3.03. The predicted octanol–water partition coefficient (Wildman–Crippen LogP) is 4.17. The molecule has 8 heteroatoms. The first kappa shape index (κ1) is 22.1. The van der Waals surface area contributed by atoms with Crippen molar-refractivity contribution in [1.29, 1.82) is 5.26 Å². The number of thiocarbonyl (C=S) groups is 1. The number of rotatable bonds is 6. The van der Waals surface area contributed by atoms with Crippen LogP contribution in [0.15, 0.2) is 42.1 Å². The minimum absolute atomic E-state index is 0.149. The van der Waals surface area contributed by atoms with E-state index in [4.69, 9.17) is 21.7 Å². The number of halogens is 1. The van der Waals surface area contributed by atoms with E-state index in [1.807, 2.05) is 37.3 Å². The van der Waals surface area contributed by atoms with Gasteiger partial charge in [0.25, 0.3) is 5.91 Å². The molecular formula is C22H20IN3O3S. The molecule has 1 saturated heterocycles. The molecule has 2 aromatic carbocycles. The highest BCUT2D eigenvalue weighted by molar-refractivity contribution is 14.1. The summed E-state index contributed by atoms with van der Waals surface area (Å²) in [4.78, 5) is 15.6. The highest BCUT2D eigenvalue weighted by Crippen LogP contribution is 2.36. The first-order valence-electron chi connectivity index (χ1n) is 9.22. The summed E-state index contributed by atoms with van der Waals surface area (Å²) in [6, 6.07) is 13.3. The van der Waals surface area contributed by atoms with Crippen LogP contribution in [-0.4, -0.2) is 41.5 Å². The van der Waals surface area contributed by atoms with Gasteiger partial charge in [0.2, 0.25) is 0 Å². The molecule has 0 bridgehead atoms. The van der Waals surface area contributed by atoms with Crippen molar-refractivity contribution in [3.8, 4) is 17.6 Å². The summed E-state index contributed by atoms with van der Waals surface area (Å²) in [5.41, 5.74) is 2.69. The Labute approximate surface area is 194 Å². The summed E-state index contributed by atoms with van der Waals surface area (Å²) in [6.45, 7) is 2.61. The van der Waals surface area contributed by atoms with Crippen LogP contribution in [-0.2, 0) is 11.4 Å². The molecule has 0 radical (unpaired) electrons.